The Labute approximate surface area is 175 Å². The van der Waals surface area contributed by atoms with Crippen molar-refractivity contribution in [3.8, 4) is 5.75 Å². The second kappa shape index (κ2) is 8.29. The van der Waals surface area contributed by atoms with Gasteiger partial charge in [-0.15, -0.1) is 0 Å². The fourth-order valence-electron chi connectivity index (χ4n) is 3.91. The highest BCUT2D eigenvalue weighted by Crippen LogP contribution is 2.34. The number of piperidine rings is 1. The van der Waals surface area contributed by atoms with Gasteiger partial charge in [0, 0.05) is 18.1 Å². The molecule has 2 aliphatic rings. The second-order valence-electron chi connectivity index (χ2n) is 7.32. The molecular formula is C23H23ClN2O3. The molecule has 0 radical (unpaired) electrons. The highest BCUT2D eigenvalue weighted by atomic mass is 35.5. The molecule has 1 fully saturated rings. The predicted octanol–water partition coefficient (Wildman–Crippen LogP) is 4.11. The third-order valence-corrected chi connectivity index (χ3v) is 5.70. The molecule has 1 saturated heterocycles. The van der Waals surface area contributed by atoms with Gasteiger partial charge >= 0.3 is 0 Å². The van der Waals surface area contributed by atoms with Crippen LogP contribution in [-0.4, -0.2) is 41.8 Å². The van der Waals surface area contributed by atoms with Crippen molar-refractivity contribution in [3.05, 3.63) is 70.4 Å². The largest absolute Gasteiger partial charge is 0.497 e. The van der Waals surface area contributed by atoms with E-state index in [-0.39, 0.29) is 18.4 Å². The Morgan fingerprint density at radius 1 is 0.897 bits per heavy atom. The number of halogens is 1. The van der Waals surface area contributed by atoms with Gasteiger partial charge in [0.2, 0.25) is 0 Å². The van der Waals surface area contributed by atoms with Crippen molar-refractivity contribution in [3.63, 3.8) is 0 Å². The molecule has 2 amide bonds. The highest BCUT2D eigenvalue weighted by molar-refractivity contribution is 6.35. The zero-order valence-corrected chi connectivity index (χ0v) is 17.1. The zero-order valence-electron chi connectivity index (χ0n) is 16.4. The highest BCUT2D eigenvalue weighted by Gasteiger charge is 2.41. The topological polar surface area (TPSA) is 49.9 Å². The molecule has 0 aromatic heterocycles. The molecule has 150 valence electrons. The van der Waals surface area contributed by atoms with Crippen LogP contribution in [0.3, 0.4) is 0 Å². The van der Waals surface area contributed by atoms with Crippen LogP contribution in [0.4, 0.5) is 0 Å². The summed E-state index contributed by atoms with van der Waals surface area (Å²) in [7, 11) is 1.60. The summed E-state index contributed by atoms with van der Waals surface area (Å²) in [5.41, 5.74) is 2.61. The molecule has 0 unspecified atom stereocenters. The molecule has 0 atom stereocenters. The maximum absolute atomic E-state index is 13.4. The fraction of sp³-hybridized carbons (Fsp3) is 0.304. The molecule has 2 aromatic carbocycles. The molecule has 2 heterocycles. The molecule has 5 nitrogen and oxygen atoms in total. The van der Waals surface area contributed by atoms with Gasteiger partial charge in [-0.05, 0) is 54.7 Å². The third-order valence-electron chi connectivity index (χ3n) is 5.45. The van der Waals surface area contributed by atoms with Gasteiger partial charge in [-0.3, -0.25) is 14.5 Å². The Bertz CT molecular complexity index is 945. The zero-order chi connectivity index (χ0) is 20.4. The molecule has 0 saturated carbocycles. The van der Waals surface area contributed by atoms with Crippen LogP contribution in [0.15, 0.2) is 54.2 Å². The Kier molecular flexibility index (Phi) is 5.58. The van der Waals surface area contributed by atoms with Gasteiger partial charge in [0.25, 0.3) is 11.8 Å². The van der Waals surface area contributed by atoms with Crippen LogP contribution in [0.5, 0.6) is 5.75 Å². The van der Waals surface area contributed by atoms with E-state index in [1.807, 2.05) is 36.4 Å². The molecular weight excluding hydrogens is 388 g/mol. The van der Waals surface area contributed by atoms with E-state index in [0.717, 1.165) is 43.5 Å². The number of amides is 2. The first kappa shape index (κ1) is 19.5. The van der Waals surface area contributed by atoms with Gasteiger partial charge in [0.1, 0.15) is 11.4 Å². The Morgan fingerprint density at radius 2 is 1.55 bits per heavy atom. The van der Waals surface area contributed by atoms with Crippen LogP contribution >= 0.6 is 11.6 Å². The van der Waals surface area contributed by atoms with E-state index in [0.29, 0.717) is 22.0 Å². The summed E-state index contributed by atoms with van der Waals surface area (Å²) in [4.78, 5) is 30.1. The lowest BCUT2D eigenvalue weighted by Gasteiger charge is -2.29. The molecule has 29 heavy (non-hydrogen) atoms. The summed E-state index contributed by atoms with van der Waals surface area (Å²) in [5, 5.41) is 0.624. The van der Waals surface area contributed by atoms with E-state index >= 15 is 0 Å². The predicted molar refractivity (Wildman–Crippen MR) is 112 cm³/mol. The quantitative estimate of drug-likeness (QED) is 0.696. The fourth-order valence-corrected chi connectivity index (χ4v) is 4.03. The van der Waals surface area contributed by atoms with Crippen molar-refractivity contribution in [1.82, 2.24) is 9.80 Å². The lowest BCUT2D eigenvalue weighted by Crippen LogP contribution is -2.36. The van der Waals surface area contributed by atoms with Gasteiger partial charge in [-0.1, -0.05) is 35.9 Å². The van der Waals surface area contributed by atoms with Crippen molar-refractivity contribution in [2.75, 3.05) is 20.2 Å². The van der Waals surface area contributed by atoms with Crippen LogP contribution in [0.1, 0.15) is 30.4 Å². The minimum absolute atomic E-state index is 0.224. The number of likely N-dealkylation sites (tertiary alicyclic amines) is 1. The number of ether oxygens (including phenoxy) is 1. The van der Waals surface area contributed by atoms with Crippen LogP contribution in [0.25, 0.3) is 5.57 Å². The first-order valence-electron chi connectivity index (χ1n) is 9.83. The summed E-state index contributed by atoms with van der Waals surface area (Å²) < 4.78 is 5.23. The molecule has 0 bridgehead atoms. The molecule has 4 rings (SSSR count). The molecule has 0 aliphatic carbocycles. The first-order chi connectivity index (χ1) is 14.1. The van der Waals surface area contributed by atoms with Gasteiger partial charge in [-0.2, -0.15) is 0 Å². The number of carbonyl (C=O) groups is 2. The minimum atomic E-state index is -0.254. The Morgan fingerprint density at radius 3 is 2.17 bits per heavy atom. The van der Waals surface area contributed by atoms with E-state index in [2.05, 4.69) is 4.90 Å². The monoisotopic (exact) mass is 410 g/mol. The van der Waals surface area contributed by atoms with Gasteiger partial charge in [0.05, 0.1) is 19.2 Å². The molecule has 2 aliphatic heterocycles. The first-order valence-corrected chi connectivity index (χ1v) is 10.2. The van der Waals surface area contributed by atoms with E-state index < -0.39 is 0 Å². The summed E-state index contributed by atoms with van der Waals surface area (Å²) >= 11 is 5.97. The van der Waals surface area contributed by atoms with Crippen LogP contribution < -0.4 is 4.74 Å². The average molecular weight is 411 g/mol. The average Bonchev–Trinajstić information content (AvgIpc) is 3.00. The van der Waals surface area contributed by atoms with Gasteiger partial charge in [-0.25, -0.2) is 0 Å². The Hall–Kier alpha value is -2.79. The number of hydrogen-bond donors (Lipinski definition) is 0. The smallest absolute Gasteiger partial charge is 0.278 e. The number of imide groups is 1. The van der Waals surface area contributed by atoms with Gasteiger partial charge in [0.15, 0.2) is 0 Å². The summed E-state index contributed by atoms with van der Waals surface area (Å²) in [6, 6.07) is 14.5. The lowest BCUT2D eigenvalue weighted by molar-refractivity contribution is -0.138. The number of nitrogens with zero attached hydrogens (tertiary/aromatic N) is 2. The minimum Gasteiger partial charge on any atom is -0.497 e. The van der Waals surface area contributed by atoms with Crippen molar-refractivity contribution >= 4 is 29.0 Å². The van der Waals surface area contributed by atoms with Crippen LogP contribution in [-0.2, 0) is 16.1 Å². The van der Waals surface area contributed by atoms with E-state index in [4.69, 9.17) is 16.3 Å². The Balaban J connectivity index is 1.71. The van der Waals surface area contributed by atoms with E-state index in [1.54, 1.807) is 19.2 Å². The number of hydrogen-bond acceptors (Lipinski definition) is 4. The van der Waals surface area contributed by atoms with Crippen molar-refractivity contribution in [2.45, 2.75) is 25.8 Å². The standard InChI is InChI=1S/C23H23ClN2O3/c1-29-19-11-7-17(8-12-19)20-21(25-13-3-2-4-14-25)23(28)26(22(20)27)15-16-5-9-18(24)10-6-16/h5-12H,2-4,13-15H2,1H3. The van der Waals surface area contributed by atoms with Crippen molar-refractivity contribution < 1.29 is 14.3 Å². The molecule has 2 aromatic rings. The molecule has 6 heteroatoms. The summed E-state index contributed by atoms with van der Waals surface area (Å²) in [6.45, 7) is 1.82. The number of carbonyl (C=O) groups excluding carboxylic acids is 2. The van der Waals surface area contributed by atoms with Crippen LogP contribution in [0.2, 0.25) is 5.02 Å². The second-order valence-corrected chi connectivity index (χ2v) is 7.76. The third kappa shape index (κ3) is 3.87. The van der Waals surface area contributed by atoms with Crippen molar-refractivity contribution in [1.29, 1.82) is 0 Å². The molecule has 0 N–H and O–H groups in total. The lowest BCUT2D eigenvalue weighted by atomic mass is 10.0. The molecule has 0 spiro atoms. The maximum Gasteiger partial charge on any atom is 0.278 e. The SMILES string of the molecule is COc1ccc(C2=C(N3CCCCC3)C(=O)N(Cc3ccc(Cl)cc3)C2=O)cc1. The van der Waals surface area contributed by atoms with E-state index in [9.17, 15) is 9.59 Å². The summed E-state index contributed by atoms with van der Waals surface area (Å²) in [6.07, 6.45) is 3.20. The maximum atomic E-state index is 13.4. The van der Waals surface area contributed by atoms with Crippen LogP contribution in [0, 0.1) is 0 Å². The normalized spacial score (nSPS) is 17.3. The number of methoxy groups -OCH3 is 1. The van der Waals surface area contributed by atoms with E-state index in [1.165, 1.54) is 4.90 Å². The van der Waals surface area contributed by atoms with Gasteiger partial charge < -0.3 is 9.64 Å². The number of benzene rings is 2. The van der Waals surface area contributed by atoms with Crippen molar-refractivity contribution in [2.24, 2.45) is 0 Å². The number of rotatable bonds is 5. The summed E-state index contributed by atoms with van der Waals surface area (Å²) in [5.74, 6) is 0.233.